The van der Waals surface area contributed by atoms with Gasteiger partial charge in [0.25, 0.3) is 5.91 Å². The highest BCUT2D eigenvalue weighted by atomic mass is 19.1. The Morgan fingerprint density at radius 1 is 1.38 bits per heavy atom. The van der Waals surface area contributed by atoms with Crippen LogP contribution in [0.3, 0.4) is 0 Å². The molecule has 0 aliphatic carbocycles. The van der Waals surface area contributed by atoms with Crippen LogP contribution < -0.4 is 10.6 Å². The monoisotopic (exact) mass is 295 g/mol. The summed E-state index contributed by atoms with van der Waals surface area (Å²) in [6, 6.07) is 4.53. The van der Waals surface area contributed by atoms with Crippen molar-refractivity contribution < 1.29 is 13.9 Å². The minimum atomic E-state index is -0.405. The van der Waals surface area contributed by atoms with Crippen molar-refractivity contribution >= 4 is 11.6 Å². The number of nitrogens with zero attached hydrogens (tertiary/aromatic N) is 1. The van der Waals surface area contributed by atoms with E-state index in [1.807, 2.05) is 6.92 Å². The summed E-state index contributed by atoms with van der Waals surface area (Å²) in [6.45, 7) is 7.01. The number of carbonyl (C=O) groups excluding carboxylic acids is 1. The van der Waals surface area contributed by atoms with E-state index in [0.717, 1.165) is 32.8 Å². The van der Waals surface area contributed by atoms with Crippen molar-refractivity contribution in [3.63, 3.8) is 0 Å². The first-order chi connectivity index (χ1) is 10.2. The molecule has 2 N–H and O–H groups in total. The average Bonchev–Trinajstić information content (AvgIpc) is 2.50. The van der Waals surface area contributed by atoms with Crippen LogP contribution in [0.15, 0.2) is 18.2 Å². The lowest BCUT2D eigenvalue weighted by Crippen LogP contribution is -2.41. The Kier molecular flexibility index (Phi) is 5.95. The minimum absolute atomic E-state index is 0.251. The van der Waals surface area contributed by atoms with E-state index in [-0.39, 0.29) is 11.6 Å². The molecule has 116 valence electrons. The molecule has 1 saturated heterocycles. The van der Waals surface area contributed by atoms with Gasteiger partial charge >= 0.3 is 0 Å². The maximum atomic E-state index is 13.7. The van der Waals surface area contributed by atoms with Crippen LogP contribution in [-0.2, 0) is 4.74 Å². The number of carbonyl (C=O) groups is 1. The number of morpholine rings is 1. The van der Waals surface area contributed by atoms with Crippen molar-refractivity contribution in [2.24, 2.45) is 0 Å². The normalized spacial score (nSPS) is 15.7. The van der Waals surface area contributed by atoms with Crippen LogP contribution in [0.1, 0.15) is 17.3 Å². The van der Waals surface area contributed by atoms with Gasteiger partial charge in [0.15, 0.2) is 0 Å². The molecule has 1 fully saturated rings. The van der Waals surface area contributed by atoms with Crippen LogP contribution in [0.25, 0.3) is 0 Å². The van der Waals surface area contributed by atoms with Gasteiger partial charge in [0, 0.05) is 32.7 Å². The van der Waals surface area contributed by atoms with Gasteiger partial charge in [0.05, 0.1) is 24.5 Å². The molecule has 1 amide bonds. The molecule has 0 bridgehead atoms. The van der Waals surface area contributed by atoms with E-state index in [4.69, 9.17) is 4.74 Å². The Morgan fingerprint density at radius 3 is 2.86 bits per heavy atom. The second-order valence-corrected chi connectivity index (χ2v) is 4.90. The van der Waals surface area contributed by atoms with Crippen LogP contribution in [0.2, 0.25) is 0 Å². The van der Waals surface area contributed by atoms with Gasteiger partial charge in [-0.15, -0.1) is 0 Å². The third kappa shape index (κ3) is 4.41. The number of rotatable bonds is 6. The van der Waals surface area contributed by atoms with Gasteiger partial charge in [0.1, 0.15) is 5.82 Å². The highest BCUT2D eigenvalue weighted by Crippen LogP contribution is 2.19. The van der Waals surface area contributed by atoms with E-state index in [2.05, 4.69) is 15.5 Å². The molecule has 5 nitrogen and oxygen atoms in total. The molecule has 0 atom stereocenters. The first-order valence-electron chi connectivity index (χ1n) is 7.33. The molecule has 0 aromatic heterocycles. The van der Waals surface area contributed by atoms with Gasteiger partial charge in [0.2, 0.25) is 0 Å². The Labute approximate surface area is 124 Å². The Bertz CT molecular complexity index is 476. The molecule has 1 aliphatic rings. The zero-order chi connectivity index (χ0) is 15.1. The van der Waals surface area contributed by atoms with Gasteiger partial charge in [-0.05, 0) is 19.1 Å². The molecule has 0 radical (unpaired) electrons. The lowest BCUT2D eigenvalue weighted by molar-refractivity contribution is 0.0383. The van der Waals surface area contributed by atoms with E-state index in [1.165, 1.54) is 6.07 Å². The van der Waals surface area contributed by atoms with Crippen molar-refractivity contribution in [3.05, 3.63) is 29.6 Å². The molecule has 2 rings (SSSR count). The van der Waals surface area contributed by atoms with Gasteiger partial charge in [-0.1, -0.05) is 6.07 Å². The highest BCUT2D eigenvalue weighted by molar-refractivity contribution is 5.99. The molecule has 0 spiro atoms. The first-order valence-corrected chi connectivity index (χ1v) is 7.33. The average molecular weight is 295 g/mol. The van der Waals surface area contributed by atoms with Crippen LogP contribution in [0.4, 0.5) is 10.1 Å². The van der Waals surface area contributed by atoms with Crippen molar-refractivity contribution in [1.29, 1.82) is 0 Å². The molecule has 1 aromatic rings. The summed E-state index contributed by atoms with van der Waals surface area (Å²) < 4.78 is 19.0. The van der Waals surface area contributed by atoms with E-state index in [1.54, 1.807) is 12.1 Å². The number of hydrogen-bond acceptors (Lipinski definition) is 4. The fourth-order valence-electron chi connectivity index (χ4n) is 2.32. The molecule has 6 heteroatoms. The van der Waals surface area contributed by atoms with E-state index in [9.17, 15) is 9.18 Å². The lowest BCUT2D eigenvalue weighted by Gasteiger charge is -2.26. The fourth-order valence-corrected chi connectivity index (χ4v) is 2.32. The molecule has 1 aromatic carbocycles. The van der Waals surface area contributed by atoms with Gasteiger partial charge in [-0.25, -0.2) is 4.39 Å². The molecular weight excluding hydrogens is 273 g/mol. The number of anilines is 1. The second kappa shape index (κ2) is 7.95. The molecule has 0 saturated carbocycles. The summed E-state index contributed by atoms with van der Waals surface area (Å²) in [6.07, 6.45) is 0. The zero-order valence-corrected chi connectivity index (χ0v) is 12.3. The molecular formula is C15H22FN3O2. The van der Waals surface area contributed by atoms with Crippen molar-refractivity contribution in [2.75, 3.05) is 51.3 Å². The van der Waals surface area contributed by atoms with Gasteiger partial charge in [-0.2, -0.15) is 0 Å². The SMILES string of the molecule is CCNc1c(F)cccc1C(=O)NCCN1CCOCC1. The Hall–Kier alpha value is -1.66. The summed E-state index contributed by atoms with van der Waals surface area (Å²) in [4.78, 5) is 14.4. The number of benzene rings is 1. The Morgan fingerprint density at radius 2 is 2.14 bits per heavy atom. The third-order valence-corrected chi connectivity index (χ3v) is 3.43. The second-order valence-electron chi connectivity index (χ2n) is 4.90. The largest absolute Gasteiger partial charge is 0.382 e. The topological polar surface area (TPSA) is 53.6 Å². The van der Waals surface area contributed by atoms with Crippen LogP contribution >= 0.6 is 0 Å². The van der Waals surface area contributed by atoms with Crippen molar-refractivity contribution in [3.8, 4) is 0 Å². The maximum Gasteiger partial charge on any atom is 0.253 e. The highest BCUT2D eigenvalue weighted by Gasteiger charge is 2.15. The number of hydrogen-bond donors (Lipinski definition) is 2. The summed E-state index contributed by atoms with van der Waals surface area (Å²) in [7, 11) is 0. The number of halogens is 1. The standard InChI is InChI=1S/C15H22FN3O2/c1-2-17-14-12(4-3-5-13(14)16)15(20)18-6-7-19-8-10-21-11-9-19/h3-5,17H,2,6-11H2,1H3,(H,18,20). The summed E-state index contributed by atoms with van der Waals surface area (Å²) in [5.74, 6) is -0.656. The van der Waals surface area contributed by atoms with E-state index < -0.39 is 5.82 Å². The van der Waals surface area contributed by atoms with Crippen LogP contribution in [0, 0.1) is 5.82 Å². The molecule has 1 aliphatic heterocycles. The summed E-state index contributed by atoms with van der Waals surface area (Å²) in [5, 5.41) is 5.75. The van der Waals surface area contributed by atoms with E-state index >= 15 is 0 Å². The zero-order valence-electron chi connectivity index (χ0n) is 12.3. The predicted octanol–water partition coefficient (Wildman–Crippen LogP) is 1.32. The summed E-state index contributed by atoms with van der Waals surface area (Å²) >= 11 is 0. The van der Waals surface area contributed by atoms with Gasteiger partial charge in [-0.3, -0.25) is 9.69 Å². The minimum Gasteiger partial charge on any atom is -0.382 e. The van der Waals surface area contributed by atoms with Gasteiger partial charge < -0.3 is 15.4 Å². The van der Waals surface area contributed by atoms with E-state index in [0.29, 0.717) is 18.7 Å². The molecule has 0 unspecified atom stereocenters. The predicted molar refractivity (Wildman–Crippen MR) is 80.2 cm³/mol. The number of amides is 1. The third-order valence-electron chi connectivity index (χ3n) is 3.43. The molecule has 21 heavy (non-hydrogen) atoms. The quantitative estimate of drug-likeness (QED) is 0.831. The number of ether oxygens (including phenoxy) is 1. The maximum absolute atomic E-state index is 13.7. The van der Waals surface area contributed by atoms with Crippen LogP contribution in [-0.4, -0.2) is 56.7 Å². The lowest BCUT2D eigenvalue weighted by atomic mass is 10.1. The summed E-state index contributed by atoms with van der Waals surface area (Å²) in [5.41, 5.74) is 0.614. The number of nitrogens with one attached hydrogen (secondary N) is 2. The van der Waals surface area contributed by atoms with Crippen molar-refractivity contribution in [2.45, 2.75) is 6.92 Å². The smallest absolute Gasteiger partial charge is 0.253 e. The fraction of sp³-hybridized carbons (Fsp3) is 0.533. The van der Waals surface area contributed by atoms with Crippen molar-refractivity contribution in [1.82, 2.24) is 10.2 Å². The number of para-hydroxylation sites is 1. The first kappa shape index (κ1) is 15.7. The molecule has 1 heterocycles. The Balaban J connectivity index is 1.89. The van der Waals surface area contributed by atoms with Crippen LogP contribution in [0.5, 0.6) is 0 Å².